The van der Waals surface area contributed by atoms with Crippen molar-refractivity contribution in [2.45, 2.75) is 0 Å². The van der Waals surface area contributed by atoms with Crippen LogP contribution in [0.25, 0.3) is 21.8 Å². The van der Waals surface area contributed by atoms with Crippen molar-refractivity contribution in [1.82, 2.24) is 9.97 Å². The van der Waals surface area contributed by atoms with Crippen LogP contribution >= 0.6 is 0 Å². The Bertz CT molecular complexity index is 743. The van der Waals surface area contributed by atoms with Crippen LogP contribution in [0, 0.1) is 0 Å². The predicted molar refractivity (Wildman–Crippen MR) is 71.2 cm³/mol. The molecule has 3 aromatic rings. The van der Waals surface area contributed by atoms with E-state index in [0.717, 1.165) is 10.9 Å². The second-order valence-electron chi connectivity index (χ2n) is 3.70. The zero-order valence-corrected chi connectivity index (χ0v) is 8.79. The normalized spacial score (nSPS) is 10.2. The number of hydrogen-bond donors (Lipinski definition) is 1. The van der Waals surface area contributed by atoms with Gasteiger partial charge < -0.3 is 5.11 Å². The molecule has 0 amide bonds. The third-order valence-corrected chi connectivity index (χ3v) is 2.71. The Hall–Kier alpha value is -1.49. The van der Waals surface area contributed by atoms with Gasteiger partial charge in [0.15, 0.2) is 0 Å². The number of nitrogens with zero attached hydrogens (tertiary/aromatic N) is 2. The summed E-state index contributed by atoms with van der Waals surface area (Å²) in [5.74, 6) is -0.951. The molecule has 0 saturated carbocycles. The van der Waals surface area contributed by atoms with Crippen molar-refractivity contribution in [1.29, 1.82) is 0 Å². The molecule has 0 unspecified atom stereocenters. The van der Waals surface area contributed by atoms with Gasteiger partial charge in [-0.1, -0.05) is 18.2 Å². The molecule has 0 fully saturated rings. The molecular formula is C13H9N2NaO2. The van der Waals surface area contributed by atoms with Crippen LogP contribution in [0.15, 0.2) is 42.7 Å². The quantitative estimate of drug-likeness (QED) is 0.527. The summed E-state index contributed by atoms with van der Waals surface area (Å²) >= 11 is 0. The van der Waals surface area contributed by atoms with Crippen LogP contribution in [-0.2, 0) is 0 Å². The molecule has 2 heterocycles. The maximum atomic E-state index is 11.1. The van der Waals surface area contributed by atoms with Crippen molar-refractivity contribution >= 4 is 57.3 Å². The number of pyridine rings is 2. The van der Waals surface area contributed by atoms with Gasteiger partial charge in [-0.2, -0.15) is 0 Å². The molecule has 1 aromatic carbocycles. The summed E-state index contributed by atoms with van der Waals surface area (Å²) in [6.07, 6.45) is 3.18. The minimum atomic E-state index is -0.951. The number of aromatic nitrogens is 2. The van der Waals surface area contributed by atoms with Crippen LogP contribution in [0.4, 0.5) is 0 Å². The Kier molecular flexibility index (Phi) is 3.61. The van der Waals surface area contributed by atoms with Gasteiger partial charge in [-0.15, -0.1) is 0 Å². The van der Waals surface area contributed by atoms with E-state index in [1.807, 2.05) is 18.2 Å². The third-order valence-electron chi connectivity index (χ3n) is 2.71. The van der Waals surface area contributed by atoms with Crippen LogP contribution in [0.3, 0.4) is 0 Å². The van der Waals surface area contributed by atoms with Crippen LogP contribution in [-0.4, -0.2) is 50.6 Å². The van der Waals surface area contributed by atoms with E-state index < -0.39 is 5.97 Å². The average molecular weight is 248 g/mol. The monoisotopic (exact) mass is 248 g/mol. The number of rotatable bonds is 1. The number of fused-ring (bicyclic) bond motifs is 3. The summed E-state index contributed by atoms with van der Waals surface area (Å²) in [4.78, 5) is 19.6. The van der Waals surface area contributed by atoms with Gasteiger partial charge in [0.2, 0.25) is 0 Å². The molecule has 1 N–H and O–H groups in total. The van der Waals surface area contributed by atoms with Crippen molar-refractivity contribution in [2.75, 3.05) is 0 Å². The van der Waals surface area contributed by atoms with Crippen LogP contribution in [0.1, 0.15) is 10.4 Å². The molecule has 0 aliphatic carbocycles. The van der Waals surface area contributed by atoms with E-state index in [4.69, 9.17) is 5.11 Å². The summed E-state index contributed by atoms with van der Waals surface area (Å²) in [6.45, 7) is 0. The number of hydrogen-bond acceptors (Lipinski definition) is 3. The summed E-state index contributed by atoms with van der Waals surface area (Å²) in [6, 6.07) is 8.90. The van der Waals surface area contributed by atoms with Crippen molar-refractivity contribution in [3.63, 3.8) is 0 Å². The molecule has 0 atom stereocenters. The fraction of sp³-hybridized carbons (Fsp3) is 0. The van der Waals surface area contributed by atoms with Crippen molar-refractivity contribution in [2.24, 2.45) is 0 Å². The van der Waals surface area contributed by atoms with E-state index >= 15 is 0 Å². The fourth-order valence-corrected chi connectivity index (χ4v) is 1.94. The molecule has 0 spiro atoms. The topological polar surface area (TPSA) is 63.1 Å². The minimum absolute atomic E-state index is 0. The van der Waals surface area contributed by atoms with Crippen molar-refractivity contribution < 1.29 is 9.90 Å². The Labute approximate surface area is 125 Å². The number of benzene rings is 1. The Balaban J connectivity index is 0.00000120. The Morgan fingerprint density at radius 2 is 1.78 bits per heavy atom. The van der Waals surface area contributed by atoms with Crippen LogP contribution < -0.4 is 0 Å². The van der Waals surface area contributed by atoms with Gasteiger partial charge in [0, 0.05) is 23.2 Å². The number of carboxylic acid groups (broad SMARTS) is 1. The van der Waals surface area contributed by atoms with Crippen molar-refractivity contribution in [3.05, 3.63) is 48.3 Å². The van der Waals surface area contributed by atoms with E-state index in [2.05, 4.69) is 9.97 Å². The van der Waals surface area contributed by atoms with Crippen LogP contribution in [0.5, 0.6) is 0 Å². The Morgan fingerprint density at radius 3 is 2.56 bits per heavy atom. The summed E-state index contributed by atoms with van der Waals surface area (Å²) in [5, 5.41) is 10.7. The molecule has 0 aliphatic rings. The first-order chi connectivity index (χ1) is 8.27. The zero-order chi connectivity index (χ0) is 11.8. The van der Waals surface area contributed by atoms with Crippen LogP contribution in [0.2, 0.25) is 0 Å². The van der Waals surface area contributed by atoms with E-state index in [1.54, 1.807) is 12.3 Å². The Morgan fingerprint density at radius 1 is 1.00 bits per heavy atom. The van der Waals surface area contributed by atoms with E-state index in [9.17, 15) is 4.79 Å². The predicted octanol–water partition coefficient (Wildman–Crippen LogP) is 1.83. The second kappa shape index (κ2) is 5.02. The van der Waals surface area contributed by atoms with Gasteiger partial charge in [0.05, 0.1) is 16.6 Å². The first kappa shape index (κ1) is 13.0. The fourth-order valence-electron chi connectivity index (χ4n) is 1.94. The molecule has 0 saturated heterocycles. The van der Waals surface area contributed by atoms with Gasteiger partial charge >= 0.3 is 35.5 Å². The third kappa shape index (κ3) is 1.99. The average Bonchev–Trinajstić information content (AvgIpc) is 2.37. The SMILES string of the molecule is O=C(O)c1ccnc2c1ccc1cccnc12.[NaH]. The summed E-state index contributed by atoms with van der Waals surface area (Å²) in [5.41, 5.74) is 1.61. The van der Waals surface area contributed by atoms with Gasteiger partial charge in [-0.05, 0) is 12.1 Å². The molecule has 0 bridgehead atoms. The molecule has 4 nitrogen and oxygen atoms in total. The van der Waals surface area contributed by atoms with E-state index in [1.165, 1.54) is 12.3 Å². The first-order valence-corrected chi connectivity index (χ1v) is 5.13. The van der Waals surface area contributed by atoms with E-state index in [-0.39, 0.29) is 35.1 Å². The number of carbonyl (C=O) groups is 1. The number of carboxylic acids is 1. The molecular weight excluding hydrogens is 239 g/mol. The molecule has 18 heavy (non-hydrogen) atoms. The first-order valence-electron chi connectivity index (χ1n) is 5.13. The summed E-state index contributed by atoms with van der Waals surface area (Å²) in [7, 11) is 0. The van der Waals surface area contributed by atoms with Gasteiger partial charge in [-0.3, -0.25) is 9.97 Å². The molecule has 2 aromatic heterocycles. The van der Waals surface area contributed by atoms with Gasteiger partial charge in [0.1, 0.15) is 0 Å². The molecule has 84 valence electrons. The molecule has 0 aliphatic heterocycles. The molecule has 0 radical (unpaired) electrons. The number of aromatic carboxylic acids is 1. The van der Waals surface area contributed by atoms with Gasteiger partial charge in [-0.25, -0.2) is 4.79 Å². The summed E-state index contributed by atoms with van der Waals surface area (Å²) < 4.78 is 0. The molecule has 3 rings (SSSR count). The van der Waals surface area contributed by atoms with Gasteiger partial charge in [0.25, 0.3) is 0 Å². The second-order valence-corrected chi connectivity index (χ2v) is 3.70. The maximum absolute atomic E-state index is 11.1. The van der Waals surface area contributed by atoms with E-state index in [0.29, 0.717) is 10.9 Å². The molecule has 5 heteroatoms. The van der Waals surface area contributed by atoms with Crippen molar-refractivity contribution in [3.8, 4) is 0 Å². The standard InChI is InChI=1S/C13H8N2O2.Na.H/c16-13(17)10-5-7-15-12-9(10)4-3-8-2-1-6-14-11(8)12;;/h1-7H,(H,16,17);;. The zero-order valence-electron chi connectivity index (χ0n) is 8.79.